The molecule has 0 spiro atoms. The smallest absolute Gasteiger partial charge is 0.0246 e. The first-order chi connectivity index (χ1) is 7.33. The van der Waals surface area contributed by atoms with Crippen molar-refractivity contribution in [3.05, 3.63) is 0 Å². The summed E-state index contributed by atoms with van der Waals surface area (Å²) in [6.07, 6.45) is 11.4. The van der Waals surface area contributed by atoms with Crippen molar-refractivity contribution in [1.82, 2.24) is 4.90 Å². The first-order valence-corrected chi connectivity index (χ1v) is 6.75. The maximum Gasteiger partial charge on any atom is 0.0246 e. The number of nitrogens with two attached hydrogens (primary N) is 1. The highest BCUT2D eigenvalue weighted by Crippen LogP contribution is 2.34. The minimum Gasteiger partial charge on any atom is -0.329 e. The Hall–Kier alpha value is -0.0800. The normalized spacial score (nSPS) is 26.6. The quantitative estimate of drug-likeness (QED) is 0.772. The van der Waals surface area contributed by atoms with E-state index >= 15 is 0 Å². The van der Waals surface area contributed by atoms with Crippen LogP contribution in [0.5, 0.6) is 0 Å². The minimum absolute atomic E-state index is 0.668. The molecule has 2 rings (SSSR count). The summed E-state index contributed by atoms with van der Waals surface area (Å²) in [5.74, 6) is 0.905. The summed E-state index contributed by atoms with van der Waals surface area (Å²) in [4.78, 5) is 2.61. The van der Waals surface area contributed by atoms with E-state index in [1.54, 1.807) is 0 Å². The van der Waals surface area contributed by atoms with E-state index in [0.29, 0.717) is 6.04 Å². The van der Waals surface area contributed by atoms with Crippen molar-refractivity contribution in [3.63, 3.8) is 0 Å². The van der Waals surface area contributed by atoms with Crippen LogP contribution in [0.3, 0.4) is 0 Å². The fraction of sp³-hybridized carbons (Fsp3) is 1.00. The van der Waals surface area contributed by atoms with Crippen LogP contribution in [0.25, 0.3) is 0 Å². The molecule has 1 atom stereocenters. The third-order valence-corrected chi connectivity index (χ3v) is 4.61. The van der Waals surface area contributed by atoms with Crippen molar-refractivity contribution in [2.45, 2.75) is 63.5 Å². The maximum atomic E-state index is 5.95. The Morgan fingerprint density at radius 1 is 1.07 bits per heavy atom. The molecule has 2 aliphatic rings. The molecule has 0 aliphatic heterocycles. The van der Waals surface area contributed by atoms with Crippen LogP contribution >= 0.6 is 0 Å². The highest BCUT2D eigenvalue weighted by Gasteiger charge is 2.32. The van der Waals surface area contributed by atoms with Gasteiger partial charge >= 0.3 is 0 Å². The van der Waals surface area contributed by atoms with E-state index in [4.69, 9.17) is 5.73 Å². The lowest BCUT2D eigenvalue weighted by molar-refractivity contribution is 0.0704. The van der Waals surface area contributed by atoms with Crippen molar-refractivity contribution < 1.29 is 0 Å². The maximum absolute atomic E-state index is 5.95. The van der Waals surface area contributed by atoms with Crippen LogP contribution < -0.4 is 5.73 Å². The second kappa shape index (κ2) is 5.31. The summed E-state index contributed by atoms with van der Waals surface area (Å²) in [7, 11) is 2.31. The summed E-state index contributed by atoms with van der Waals surface area (Å²) in [5.41, 5.74) is 5.95. The molecule has 1 unspecified atom stereocenters. The van der Waals surface area contributed by atoms with Crippen molar-refractivity contribution in [1.29, 1.82) is 0 Å². The molecule has 0 aromatic rings. The van der Waals surface area contributed by atoms with E-state index in [2.05, 4.69) is 11.9 Å². The number of likely N-dealkylation sites (N-methyl/N-ethyl adjacent to an activating group) is 1. The van der Waals surface area contributed by atoms with Crippen molar-refractivity contribution in [2.75, 3.05) is 13.6 Å². The lowest BCUT2D eigenvalue weighted by Gasteiger charge is -2.43. The third-order valence-electron chi connectivity index (χ3n) is 4.61. The van der Waals surface area contributed by atoms with Gasteiger partial charge in [-0.2, -0.15) is 0 Å². The van der Waals surface area contributed by atoms with Gasteiger partial charge in [0.05, 0.1) is 0 Å². The minimum atomic E-state index is 0.668. The van der Waals surface area contributed by atoms with E-state index in [9.17, 15) is 0 Å². The molecule has 2 heteroatoms. The fourth-order valence-corrected chi connectivity index (χ4v) is 3.27. The van der Waals surface area contributed by atoms with Crippen LogP contribution in [-0.4, -0.2) is 30.6 Å². The Morgan fingerprint density at radius 2 is 1.73 bits per heavy atom. The summed E-state index contributed by atoms with van der Waals surface area (Å²) < 4.78 is 0. The first-order valence-electron chi connectivity index (χ1n) is 6.75. The molecule has 2 N–H and O–H groups in total. The Labute approximate surface area is 94.2 Å². The van der Waals surface area contributed by atoms with Crippen LogP contribution in [0.2, 0.25) is 0 Å². The van der Waals surface area contributed by atoms with Crippen LogP contribution in [0.15, 0.2) is 0 Å². The molecule has 0 saturated heterocycles. The van der Waals surface area contributed by atoms with Crippen LogP contribution in [-0.2, 0) is 0 Å². The zero-order valence-corrected chi connectivity index (χ0v) is 10.1. The average Bonchev–Trinajstić information content (AvgIpc) is 2.23. The van der Waals surface area contributed by atoms with Gasteiger partial charge in [0.15, 0.2) is 0 Å². The van der Waals surface area contributed by atoms with Gasteiger partial charge in [-0.3, -0.25) is 4.90 Å². The van der Waals surface area contributed by atoms with Crippen LogP contribution in [0, 0.1) is 5.92 Å². The van der Waals surface area contributed by atoms with Gasteiger partial charge in [0.25, 0.3) is 0 Å². The largest absolute Gasteiger partial charge is 0.329 e. The standard InChI is InChI=1S/C13H26N2/c1-15(12-8-3-2-4-9-12)13(10-14)11-6-5-7-11/h11-13H,2-10,14H2,1H3. The van der Waals surface area contributed by atoms with Crippen molar-refractivity contribution in [2.24, 2.45) is 11.7 Å². The Bertz CT molecular complexity index is 183. The van der Waals surface area contributed by atoms with Gasteiger partial charge in [0, 0.05) is 18.6 Å². The molecule has 0 radical (unpaired) electrons. The number of nitrogens with zero attached hydrogens (tertiary/aromatic N) is 1. The lowest BCUT2D eigenvalue weighted by atomic mass is 9.78. The Kier molecular flexibility index (Phi) is 4.04. The van der Waals surface area contributed by atoms with Gasteiger partial charge in [0.1, 0.15) is 0 Å². The zero-order chi connectivity index (χ0) is 10.7. The molecule has 2 saturated carbocycles. The predicted molar refractivity (Wildman–Crippen MR) is 64.8 cm³/mol. The summed E-state index contributed by atoms with van der Waals surface area (Å²) in [6, 6.07) is 1.50. The number of hydrogen-bond acceptors (Lipinski definition) is 2. The molecule has 0 aromatic heterocycles. The number of rotatable bonds is 4. The SMILES string of the molecule is CN(C1CCCCC1)C(CN)C1CCC1. The van der Waals surface area contributed by atoms with Gasteiger partial charge in [-0.05, 0) is 38.6 Å². The molecule has 0 amide bonds. The van der Waals surface area contributed by atoms with E-state index in [1.807, 2.05) is 0 Å². The zero-order valence-electron chi connectivity index (χ0n) is 10.1. The van der Waals surface area contributed by atoms with Gasteiger partial charge in [-0.25, -0.2) is 0 Å². The summed E-state index contributed by atoms with van der Waals surface area (Å²) >= 11 is 0. The topological polar surface area (TPSA) is 29.3 Å². The highest BCUT2D eigenvalue weighted by molar-refractivity contribution is 4.88. The molecular weight excluding hydrogens is 184 g/mol. The van der Waals surface area contributed by atoms with E-state index < -0.39 is 0 Å². The Morgan fingerprint density at radius 3 is 2.20 bits per heavy atom. The average molecular weight is 210 g/mol. The second-order valence-corrected chi connectivity index (χ2v) is 5.45. The lowest BCUT2D eigenvalue weighted by Crippen LogP contribution is -2.50. The Balaban J connectivity index is 1.87. The first kappa shape index (κ1) is 11.4. The van der Waals surface area contributed by atoms with Gasteiger partial charge in [-0.15, -0.1) is 0 Å². The van der Waals surface area contributed by atoms with Crippen LogP contribution in [0.4, 0.5) is 0 Å². The third kappa shape index (κ3) is 2.54. The highest BCUT2D eigenvalue weighted by atomic mass is 15.2. The number of hydrogen-bond donors (Lipinski definition) is 1. The van der Waals surface area contributed by atoms with E-state index in [1.165, 1.54) is 51.4 Å². The predicted octanol–water partition coefficient (Wildman–Crippen LogP) is 2.38. The van der Waals surface area contributed by atoms with E-state index in [0.717, 1.165) is 18.5 Å². The van der Waals surface area contributed by atoms with Crippen molar-refractivity contribution >= 4 is 0 Å². The molecule has 2 aliphatic carbocycles. The molecule has 2 fully saturated rings. The molecular formula is C13H26N2. The fourth-order valence-electron chi connectivity index (χ4n) is 3.27. The summed E-state index contributed by atoms with van der Waals surface area (Å²) in [6.45, 7) is 0.859. The molecule has 88 valence electrons. The molecule has 2 nitrogen and oxygen atoms in total. The van der Waals surface area contributed by atoms with Gasteiger partial charge < -0.3 is 5.73 Å². The van der Waals surface area contributed by atoms with E-state index in [-0.39, 0.29) is 0 Å². The van der Waals surface area contributed by atoms with Gasteiger partial charge in [0.2, 0.25) is 0 Å². The second-order valence-electron chi connectivity index (χ2n) is 5.45. The molecule has 0 aromatic carbocycles. The molecule has 0 bridgehead atoms. The molecule has 15 heavy (non-hydrogen) atoms. The molecule has 0 heterocycles. The van der Waals surface area contributed by atoms with Crippen LogP contribution in [0.1, 0.15) is 51.4 Å². The monoisotopic (exact) mass is 210 g/mol. The van der Waals surface area contributed by atoms with Gasteiger partial charge in [-0.1, -0.05) is 25.7 Å². The summed E-state index contributed by atoms with van der Waals surface area (Å²) in [5, 5.41) is 0. The van der Waals surface area contributed by atoms with Crippen molar-refractivity contribution in [3.8, 4) is 0 Å².